The normalized spacial score (nSPS) is 45.5. The van der Waals surface area contributed by atoms with E-state index in [4.69, 9.17) is 9.47 Å². The van der Waals surface area contributed by atoms with Crippen molar-refractivity contribution in [2.75, 3.05) is 13.2 Å². The molecule has 0 radical (unpaired) electrons. The third-order valence-corrected chi connectivity index (χ3v) is 4.09. The smallest absolute Gasteiger partial charge is 0.0849 e. The van der Waals surface area contributed by atoms with Gasteiger partial charge >= 0.3 is 0 Å². The second-order valence-electron chi connectivity index (χ2n) is 4.99. The van der Waals surface area contributed by atoms with Gasteiger partial charge in [0.05, 0.1) is 25.4 Å². The molecule has 3 atom stereocenters. The lowest BCUT2D eigenvalue weighted by atomic mass is 9.63. The molecule has 1 aliphatic carbocycles. The van der Waals surface area contributed by atoms with E-state index in [0.717, 1.165) is 19.1 Å². The fourth-order valence-corrected chi connectivity index (χ4v) is 3.15. The molecule has 2 aliphatic heterocycles. The number of rotatable bonds is 2. The Labute approximate surface area is 79.6 Å². The average Bonchev–Trinajstić information content (AvgIpc) is 2.78. The first kappa shape index (κ1) is 8.25. The maximum atomic E-state index is 5.63. The summed E-state index contributed by atoms with van der Waals surface area (Å²) in [4.78, 5) is 0. The largest absolute Gasteiger partial charge is 0.380 e. The Morgan fingerprint density at radius 2 is 2.15 bits per heavy atom. The van der Waals surface area contributed by atoms with Crippen LogP contribution in [0.5, 0.6) is 0 Å². The van der Waals surface area contributed by atoms with E-state index in [1.165, 1.54) is 25.7 Å². The molecule has 2 saturated heterocycles. The Bertz CT molecular complexity index is 210. The summed E-state index contributed by atoms with van der Waals surface area (Å²) in [5.41, 5.74) is 0.535. The Morgan fingerprint density at radius 3 is 2.77 bits per heavy atom. The molecule has 2 nitrogen and oxygen atoms in total. The SMILES string of the molecule is CCCC1CC2OC2CC12COC2. The van der Waals surface area contributed by atoms with Gasteiger partial charge in [-0.2, -0.15) is 0 Å². The summed E-state index contributed by atoms with van der Waals surface area (Å²) in [7, 11) is 0. The van der Waals surface area contributed by atoms with Gasteiger partial charge < -0.3 is 9.47 Å². The van der Waals surface area contributed by atoms with Crippen molar-refractivity contribution in [2.45, 2.75) is 44.8 Å². The van der Waals surface area contributed by atoms with Crippen molar-refractivity contribution in [3.8, 4) is 0 Å². The topological polar surface area (TPSA) is 21.8 Å². The average molecular weight is 182 g/mol. The molecule has 13 heavy (non-hydrogen) atoms. The van der Waals surface area contributed by atoms with E-state index >= 15 is 0 Å². The molecule has 74 valence electrons. The van der Waals surface area contributed by atoms with E-state index in [2.05, 4.69) is 6.92 Å². The highest BCUT2D eigenvalue weighted by atomic mass is 16.6. The molecule has 3 rings (SSSR count). The van der Waals surface area contributed by atoms with Crippen LogP contribution in [-0.4, -0.2) is 25.4 Å². The van der Waals surface area contributed by atoms with E-state index in [-0.39, 0.29) is 0 Å². The molecular formula is C11H18O2. The zero-order chi connectivity index (χ0) is 8.89. The van der Waals surface area contributed by atoms with E-state index in [0.29, 0.717) is 17.6 Å². The highest BCUT2D eigenvalue weighted by molar-refractivity contribution is 5.05. The first-order valence-electron chi connectivity index (χ1n) is 5.57. The molecule has 0 bridgehead atoms. The third kappa shape index (κ3) is 1.15. The highest BCUT2D eigenvalue weighted by Gasteiger charge is 2.58. The number of fused-ring (bicyclic) bond motifs is 1. The van der Waals surface area contributed by atoms with Crippen LogP contribution in [0.2, 0.25) is 0 Å². The number of ether oxygens (including phenoxy) is 2. The van der Waals surface area contributed by atoms with E-state index < -0.39 is 0 Å². The van der Waals surface area contributed by atoms with Crippen LogP contribution in [0.1, 0.15) is 32.6 Å². The van der Waals surface area contributed by atoms with Gasteiger partial charge in [0.25, 0.3) is 0 Å². The first-order chi connectivity index (χ1) is 6.34. The van der Waals surface area contributed by atoms with Crippen LogP contribution in [0.25, 0.3) is 0 Å². The fraction of sp³-hybridized carbons (Fsp3) is 1.00. The van der Waals surface area contributed by atoms with Gasteiger partial charge in [-0.3, -0.25) is 0 Å². The molecule has 2 heteroatoms. The first-order valence-corrected chi connectivity index (χ1v) is 5.57. The van der Waals surface area contributed by atoms with Crippen LogP contribution in [0.3, 0.4) is 0 Å². The summed E-state index contributed by atoms with van der Waals surface area (Å²) in [6, 6.07) is 0. The monoisotopic (exact) mass is 182 g/mol. The summed E-state index contributed by atoms with van der Waals surface area (Å²) >= 11 is 0. The molecule has 0 aromatic carbocycles. The second-order valence-corrected chi connectivity index (χ2v) is 4.99. The molecule has 2 heterocycles. The van der Waals surface area contributed by atoms with Crippen molar-refractivity contribution in [1.82, 2.24) is 0 Å². The van der Waals surface area contributed by atoms with Crippen molar-refractivity contribution in [1.29, 1.82) is 0 Å². The minimum atomic E-state index is 0.535. The predicted molar refractivity (Wildman–Crippen MR) is 49.5 cm³/mol. The standard InChI is InChI=1S/C11H18O2/c1-2-3-8-4-9-10(13-9)5-11(8)6-12-7-11/h8-10H,2-7H2,1H3. The van der Waals surface area contributed by atoms with Gasteiger partial charge in [-0.15, -0.1) is 0 Å². The van der Waals surface area contributed by atoms with Gasteiger partial charge in [-0.1, -0.05) is 13.3 Å². The van der Waals surface area contributed by atoms with Crippen molar-refractivity contribution >= 4 is 0 Å². The molecule has 3 unspecified atom stereocenters. The summed E-state index contributed by atoms with van der Waals surface area (Å²) in [6.07, 6.45) is 6.50. The predicted octanol–water partition coefficient (Wildman–Crippen LogP) is 1.98. The second kappa shape index (κ2) is 2.71. The van der Waals surface area contributed by atoms with Gasteiger partial charge in [0.2, 0.25) is 0 Å². The summed E-state index contributed by atoms with van der Waals surface area (Å²) in [6.45, 7) is 4.29. The Kier molecular flexibility index (Phi) is 1.72. The van der Waals surface area contributed by atoms with Gasteiger partial charge in [-0.05, 0) is 25.2 Å². The number of hydrogen-bond donors (Lipinski definition) is 0. The zero-order valence-electron chi connectivity index (χ0n) is 8.29. The molecule has 1 saturated carbocycles. The maximum absolute atomic E-state index is 5.63. The third-order valence-electron chi connectivity index (χ3n) is 4.09. The minimum absolute atomic E-state index is 0.535. The Balaban J connectivity index is 1.73. The lowest BCUT2D eigenvalue weighted by Gasteiger charge is -2.49. The number of epoxide rings is 1. The Hall–Kier alpha value is -0.0800. The van der Waals surface area contributed by atoms with Gasteiger partial charge in [0, 0.05) is 5.41 Å². The zero-order valence-corrected chi connectivity index (χ0v) is 8.29. The van der Waals surface area contributed by atoms with Crippen LogP contribution >= 0.6 is 0 Å². The van der Waals surface area contributed by atoms with Crippen LogP contribution in [0.4, 0.5) is 0 Å². The molecule has 0 aromatic heterocycles. The summed E-state index contributed by atoms with van der Waals surface area (Å²) in [5.74, 6) is 0.884. The molecule has 3 fully saturated rings. The molecular weight excluding hydrogens is 164 g/mol. The lowest BCUT2D eigenvalue weighted by Crippen LogP contribution is -2.51. The van der Waals surface area contributed by atoms with Crippen molar-refractivity contribution in [3.63, 3.8) is 0 Å². The molecule has 0 amide bonds. The number of hydrogen-bond acceptors (Lipinski definition) is 2. The molecule has 0 N–H and O–H groups in total. The Morgan fingerprint density at radius 1 is 1.31 bits per heavy atom. The van der Waals surface area contributed by atoms with Crippen molar-refractivity contribution < 1.29 is 9.47 Å². The molecule has 3 aliphatic rings. The van der Waals surface area contributed by atoms with Gasteiger partial charge in [0.1, 0.15) is 0 Å². The molecule has 0 aromatic rings. The van der Waals surface area contributed by atoms with Crippen LogP contribution in [-0.2, 0) is 9.47 Å². The summed E-state index contributed by atoms with van der Waals surface area (Å²) < 4.78 is 11.0. The lowest BCUT2D eigenvalue weighted by molar-refractivity contribution is -0.159. The van der Waals surface area contributed by atoms with Gasteiger partial charge in [-0.25, -0.2) is 0 Å². The maximum Gasteiger partial charge on any atom is 0.0849 e. The van der Waals surface area contributed by atoms with E-state index in [1.54, 1.807) is 0 Å². The fourth-order valence-electron chi connectivity index (χ4n) is 3.15. The van der Waals surface area contributed by atoms with Gasteiger partial charge in [0.15, 0.2) is 0 Å². The quantitative estimate of drug-likeness (QED) is 0.609. The molecule has 1 spiro atoms. The van der Waals surface area contributed by atoms with Crippen LogP contribution in [0, 0.1) is 11.3 Å². The van der Waals surface area contributed by atoms with E-state index in [9.17, 15) is 0 Å². The van der Waals surface area contributed by atoms with Crippen LogP contribution < -0.4 is 0 Å². The van der Waals surface area contributed by atoms with Crippen molar-refractivity contribution in [3.05, 3.63) is 0 Å². The minimum Gasteiger partial charge on any atom is -0.380 e. The van der Waals surface area contributed by atoms with E-state index in [1.807, 2.05) is 0 Å². The van der Waals surface area contributed by atoms with Crippen LogP contribution in [0.15, 0.2) is 0 Å². The van der Waals surface area contributed by atoms with Crippen molar-refractivity contribution in [2.24, 2.45) is 11.3 Å². The highest BCUT2D eigenvalue weighted by Crippen LogP contribution is 2.54. The summed E-state index contributed by atoms with van der Waals surface area (Å²) in [5, 5.41) is 0.